The molecule has 0 amide bonds. The summed E-state index contributed by atoms with van der Waals surface area (Å²) in [6.07, 6.45) is 1.32. The van der Waals surface area contributed by atoms with Gasteiger partial charge in [-0.15, -0.1) is 0 Å². The highest BCUT2D eigenvalue weighted by molar-refractivity contribution is 7.89. The summed E-state index contributed by atoms with van der Waals surface area (Å²) < 4.78 is 26.4. The van der Waals surface area contributed by atoms with Gasteiger partial charge in [-0.3, -0.25) is 5.10 Å². The Kier molecular flexibility index (Phi) is 3.70. The summed E-state index contributed by atoms with van der Waals surface area (Å²) >= 11 is 0. The lowest BCUT2D eigenvalue weighted by atomic mass is 10.2. The van der Waals surface area contributed by atoms with Gasteiger partial charge in [0.1, 0.15) is 12.2 Å². The van der Waals surface area contributed by atoms with E-state index < -0.39 is 10.0 Å². The maximum absolute atomic E-state index is 12.0. The van der Waals surface area contributed by atoms with E-state index >= 15 is 0 Å². The normalized spacial score (nSPS) is 11.6. The molecule has 0 saturated heterocycles. The first kappa shape index (κ1) is 12.7. The Hall–Kier alpha value is -1.77. The number of H-pyrrole nitrogens is 1. The summed E-state index contributed by atoms with van der Waals surface area (Å²) in [5.41, 5.74) is 6.24. The Morgan fingerprint density at radius 3 is 2.89 bits per heavy atom. The van der Waals surface area contributed by atoms with Gasteiger partial charge in [0.05, 0.1) is 11.4 Å². The summed E-state index contributed by atoms with van der Waals surface area (Å²) in [7, 11) is -3.56. The van der Waals surface area contributed by atoms with Crippen molar-refractivity contribution in [2.75, 3.05) is 0 Å². The minimum Gasteiger partial charge on any atom is -0.326 e. The van der Waals surface area contributed by atoms with E-state index in [2.05, 4.69) is 19.9 Å². The van der Waals surface area contributed by atoms with Crippen molar-refractivity contribution in [2.24, 2.45) is 5.73 Å². The first-order valence-corrected chi connectivity index (χ1v) is 6.73. The standard InChI is InChI=1S/C10H13N5O2S/c11-5-8-2-1-3-9(4-8)18(16,17)14-6-10-12-7-13-15-10/h1-4,7,14H,5-6,11H2,(H,12,13,15). The molecule has 4 N–H and O–H groups in total. The summed E-state index contributed by atoms with van der Waals surface area (Å²) in [4.78, 5) is 4.02. The van der Waals surface area contributed by atoms with Crippen LogP contribution in [0.3, 0.4) is 0 Å². The molecule has 0 fully saturated rings. The van der Waals surface area contributed by atoms with Gasteiger partial charge in [0.15, 0.2) is 0 Å². The lowest BCUT2D eigenvalue weighted by Gasteiger charge is -2.06. The average Bonchev–Trinajstić information content (AvgIpc) is 2.90. The molecule has 0 spiro atoms. The van der Waals surface area contributed by atoms with Crippen LogP contribution in [0.5, 0.6) is 0 Å². The molecule has 96 valence electrons. The van der Waals surface area contributed by atoms with Gasteiger partial charge in [-0.2, -0.15) is 5.10 Å². The molecule has 2 rings (SSSR count). The van der Waals surface area contributed by atoms with Crippen molar-refractivity contribution >= 4 is 10.0 Å². The maximum atomic E-state index is 12.0. The monoisotopic (exact) mass is 267 g/mol. The van der Waals surface area contributed by atoms with Crippen molar-refractivity contribution in [3.63, 3.8) is 0 Å². The van der Waals surface area contributed by atoms with Gasteiger partial charge in [0.25, 0.3) is 0 Å². The van der Waals surface area contributed by atoms with Crippen LogP contribution in [0.15, 0.2) is 35.5 Å². The van der Waals surface area contributed by atoms with Gasteiger partial charge in [0.2, 0.25) is 10.0 Å². The molecule has 7 nitrogen and oxygen atoms in total. The fourth-order valence-corrected chi connectivity index (χ4v) is 2.46. The molecule has 0 atom stereocenters. The molecule has 0 unspecified atom stereocenters. The minimum absolute atomic E-state index is 0.0647. The van der Waals surface area contributed by atoms with Gasteiger partial charge in [-0.05, 0) is 17.7 Å². The van der Waals surface area contributed by atoms with Crippen molar-refractivity contribution in [1.82, 2.24) is 19.9 Å². The lowest BCUT2D eigenvalue weighted by molar-refractivity contribution is 0.579. The summed E-state index contributed by atoms with van der Waals surface area (Å²) in [6, 6.07) is 6.49. The molecule has 0 saturated carbocycles. The number of nitrogens with zero attached hydrogens (tertiary/aromatic N) is 2. The topological polar surface area (TPSA) is 114 Å². The summed E-state index contributed by atoms with van der Waals surface area (Å²) in [6.45, 7) is 0.362. The zero-order chi connectivity index (χ0) is 13.0. The third-order valence-corrected chi connectivity index (χ3v) is 3.74. The van der Waals surface area contributed by atoms with Crippen LogP contribution in [0, 0.1) is 0 Å². The number of hydrogen-bond donors (Lipinski definition) is 3. The molecular weight excluding hydrogens is 254 g/mol. The largest absolute Gasteiger partial charge is 0.326 e. The predicted octanol–water partition coefficient (Wildman–Crippen LogP) is -0.258. The van der Waals surface area contributed by atoms with Crippen LogP contribution in [0.1, 0.15) is 11.4 Å². The third kappa shape index (κ3) is 2.92. The highest BCUT2D eigenvalue weighted by atomic mass is 32.2. The van der Waals surface area contributed by atoms with Crippen LogP contribution in [-0.4, -0.2) is 23.6 Å². The summed E-state index contributed by atoms with van der Waals surface area (Å²) in [5, 5.41) is 6.21. The molecular formula is C10H13N5O2S. The Labute approximate surface area is 104 Å². The van der Waals surface area contributed by atoms with Crippen molar-refractivity contribution in [3.05, 3.63) is 42.0 Å². The number of nitrogens with one attached hydrogen (secondary N) is 2. The molecule has 1 aromatic heterocycles. The van der Waals surface area contributed by atoms with Crippen LogP contribution in [0.25, 0.3) is 0 Å². The Morgan fingerprint density at radius 1 is 1.39 bits per heavy atom. The molecule has 0 aliphatic heterocycles. The van der Waals surface area contributed by atoms with Crippen LogP contribution >= 0.6 is 0 Å². The molecule has 1 heterocycles. The van der Waals surface area contributed by atoms with Crippen molar-refractivity contribution < 1.29 is 8.42 Å². The number of nitrogens with two attached hydrogens (primary N) is 1. The molecule has 18 heavy (non-hydrogen) atoms. The van der Waals surface area contributed by atoms with E-state index in [1.54, 1.807) is 18.2 Å². The number of aromatic nitrogens is 3. The van der Waals surface area contributed by atoms with Gasteiger partial charge < -0.3 is 5.73 Å². The van der Waals surface area contributed by atoms with Gasteiger partial charge in [0, 0.05) is 6.54 Å². The van der Waals surface area contributed by atoms with E-state index in [1.807, 2.05) is 0 Å². The zero-order valence-corrected chi connectivity index (χ0v) is 10.3. The van der Waals surface area contributed by atoms with E-state index in [0.29, 0.717) is 12.4 Å². The van der Waals surface area contributed by atoms with E-state index in [-0.39, 0.29) is 11.4 Å². The van der Waals surface area contributed by atoms with Crippen LogP contribution < -0.4 is 10.5 Å². The van der Waals surface area contributed by atoms with Crippen LogP contribution in [-0.2, 0) is 23.1 Å². The van der Waals surface area contributed by atoms with Crippen LogP contribution in [0.2, 0.25) is 0 Å². The zero-order valence-electron chi connectivity index (χ0n) is 9.50. The summed E-state index contributed by atoms with van der Waals surface area (Å²) in [5.74, 6) is 0.452. The predicted molar refractivity (Wildman–Crippen MR) is 64.7 cm³/mol. The number of aromatic amines is 1. The number of hydrogen-bond acceptors (Lipinski definition) is 5. The Bertz CT molecular complexity index is 609. The molecule has 1 aromatic carbocycles. The molecule has 0 aliphatic carbocycles. The van der Waals surface area contributed by atoms with Crippen LogP contribution in [0.4, 0.5) is 0 Å². The highest BCUT2D eigenvalue weighted by Crippen LogP contribution is 2.11. The molecule has 0 bridgehead atoms. The smallest absolute Gasteiger partial charge is 0.240 e. The second kappa shape index (κ2) is 5.25. The number of rotatable bonds is 5. The minimum atomic E-state index is -3.56. The lowest BCUT2D eigenvalue weighted by Crippen LogP contribution is -2.24. The molecule has 0 radical (unpaired) electrons. The van der Waals surface area contributed by atoms with E-state index in [4.69, 9.17) is 5.73 Å². The Morgan fingerprint density at radius 2 is 2.22 bits per heavy atom. The maximum Gasteiger partial charge on any atom is 0.240 e. The molecule has 2 aromatic rings. The number of benzene rings is 1. The van der Waals surface area contributed by atoms with Gasteiger partial charge in [-0.25, -0.2) is 18.1 Å². The SMILES string of the molecule is NCc1cccc(S(=O)(=O)NCc2ncn[nH]2)c1. The molecule has 8 heteroatoms. The van der Waals surface area contributed by atoms with Crippen molar-refractivity contribution in [2.45, 2.75) is 18.0 Å². The van der Waals surface area contributed by atoms with E-state index in [0.717, 1.165) is 5.56 Å². The average molecular weight is 267 g/mol. The third-order valence-electron chi connectivity index (χ3n) is 2.34. The van der Waals surface area contributed by atoms with Crippen molar-refractivity contribution in [1.29, 1.82) is 0 Å². The fraction of sp³-hybridized carbons (Fsp3) is 0.200. The Balaban J connectivity index is 2.14. The quantitative estimate of drug-likeness (QED) is 0.690. The van der Waals surface area contributed by atoms with Gasteiger partial charge >= 0.3 is 0 Å². The van der Waals surface area contributed by atoms with Crippen molar-refractivity contribution in [3.8, 4) is 0 Å². The molecule has 0 aliphatic rings. The van der Waals surface area contributed by atoms with E-state index in [1.165, 1.54) is 12.4 Å². The highest BCUT2D eigenvalue weighted by Gasteiger charge is 2.14. The first-order valence-electron chi connectivity index (χ1n) is 5.25. The van der Waals surface area contributed by atoms with E-state index in [9.17, 15) is 8.42 Å². The first-order chi connectivity index (χ1) is 8.62. The second-order valence-electron chi connectivity index (χ2n) is 3.61. The van der Waals surface area contributed by atoms with Gasteiger partial charge in [-0.1, -0.05) is 12.1 Å². The fourth-order valence-electron chi connectivity index (χ4n) is 1.40. The second-order valence-corrected chi connectivity index (χ2v) is 5.38. The number of sulfonamides is 1.